The molecule has 0 fully saturated rings. The van der Waals surface area contributed by atoms with E-state index in [0.29, 0.717) is 28.5 Å². The van der Waals surface area contributed by atoms with Gasteiger partial charge >= 0.3 is 0 Å². The van der Waals surface area contributed by atoms with E-state index in [1.54, 1.807) is 19.1 Å². The van der Waals surface area contributed by atoms with Gasteiger partial charge in [0.25, 0.3) is 11.1 Å². The first kappa shape index (κ1) is 22.6. The van der Waals surface area contributed by atoms with Crippen molar-refractivity contribution in [2.75, 3.05) is 11.6 Å². The topological polar surface area (TPSA) is 118 Å². The number of carbonyl (C=O) groups excluding carboxylic acids is 1. The SMILES string of the molecule is Cc1cc(C=C(C#N)C(=O)Nc2nc(S(C)(=O)=O)ns2)c(C)n1-c1ccc(F)c(Cl)c1. The fourth-order valence-corrected chi connectivity index (χ4v) is 4.45. The van der Waals surface area contributed by atoms with E-state index in [-0.39, 0.29) is 15.7 Å². The Bertz CT molecular complexity index is 1370. The molecule has 12 heteroatoms. The number of benzene rings is 1. The summed E-state index contributed by atoms with van der Waals surface area (Å²) in [6.07, 6.45) is 2.35. The Labute approximate surface area is 186 Å². The van der Waals surface area contributed by atoms with Crippen LogP contribution in [0.3, 0.4) is 0 Å². The quantitative estimate of drug-likeness (QED) is 0.440. The van der Waals surface area contributed by atoms with Crippen molar-refractivity contribution in [1.29, 1.82) is 5.26 Å². The summed E-state index contributed by atoms with van der Waals surface area (Å²) in [5.41, 5.74) is 2.50. The average Bonchev–Trinajstić information content (AvgIpc) is 3.26. The molecule has 3 rings (SSSR count). The van der Waals surface area contributed by atoms with Crippen molar-refractivity contribution in [2.24, 2.45) is 0 Å². The minimum absolute atomic E-state index is 0.0234. The Hall–Kier alpha value is -3.07. The molecule has 0 saturated heterocycles. The molecule has 0 spiro atoms. The van der Waals surface area contributed by atoms with Gasteiger partial charge in [0.2, 0.25) is 15.0 Å². The molecule has 0 atom stereocenters. The first-order valence-corrected chi connectivity index (χ1v) is 11.7. The van der Waals surface area contributed by atoms with Gasteiger partial charge in [-0.2, -0.15) is 14.6 Å². The summed E-state index contributed by atoms with van der Waals surface area (Å²) in [5.74, 6) is -1.29. The second kappa shape index (κ2) is 8.58. The van der Waals surface area contributed by atoms with E-state index >= 15 is 0 Å². The second-order valence-electron chi connectivity index (χ2n) is 6.54. The second-order valence-corrected chi connectivity index (χ2v) is 9.61. The van der Waals surface area contributed by atoms with Gasteiger partial charge in [-0.1, -0.05) is 11.6 Å². The molecule has 1 N–H and O–H groups in total. The number of hydrogen-bond donors (Lipinski definition) is 1. The number of aryl methyl sites for hydroxylation is 1. The summed E-state index contributed by atoms with van der Waals surface area (Å²) in [4.78, 5) is 16.2. The molecule has 0 saturated carbocycles. The molecular formula is C19H15ClFN5O3S2. The lowest BCUT2D eigenvalue weighted by atomic mass is 10.1. The number of aromatic nitrogens is 3. The fraction of sp³-hybridized carbons (Fsp3) is 0.158. The maximum absolute atomic E-state index is 13.5. The van der Waals surface area contributed by atoms with Crippen LogP contribution < -0.4 is 5.32 Å². The maximum Gasteiger partial charge on any atom is 0.268 e. The third kappa shape index (κ3) is 4.82. The highest BCUT2D eigenvalue weighted by Gasteiger charge is 2.18. The average molecular weight is 480 g/mol. The Kier molecular flexibility index (Phi) is 6.26. The van der Waals surface area contributed by atoms with Gasteiger partial charge in [-0.25, -0.2) is 12.8 Å². The Balaban J connectivity index is 1.92. The van der Waals surface area contributed by atoms with E-state index in [1.807, 2.05) is 17.6 Å². The van der Waals surface area contributed by atoms with Gasteiger partial charge in [0.05, 0.1) is 5.02 Å². The van der Waals surface area contributed by atoms with E-state index < -0.39 is 26.7 Å². The summed E-state index contributed by atoms with van der Waals surface area (Å²) in [6.45, 7) is 3.60. The van der Waals surface area contributed by atoms with E-state index in [1.165, 1.54) is 18.2 Å². The maximum atomic E-state index is 13.5. The van der Waals surface area contributed by atoms with Crippen LogP contribution in [-0.2, 0) is 14.6 Å². The molecule has 0 bridgehead atoms. The summed E-state index contributed by atoms with van der Waals surface area (Å²) in [7, 11) is -3.61. The number of nitriles is 1. The Morgan fingerprint density at radius 1 is 1.35 bits per heavy atom. The molecule has 0 aliphatic heterocycles. The van der Waals surface area contributed by atoms with Crippen LogP contribution in [0, 0.1) is 31.0 Å². The van der Waals surface area contributed by atoms with E-state index in [9.17, 15) is 22.9 Å². The first-order valence-electron chi connectivity index (χ1n) is 8.62. The predicted molar refractivity (Wildman–Crippen MR) is 115 cm³/mol. The number of sulfone groups is 1. The monoisotopic (exact) mass is 479 g/mol. The molecule has 1 aromatic carbocycles. The molecule has 2 aromatic heterocycles. The highest BCUT2D eigenvalue weighted by Crippen LogP contribution is 2.26. The lowest BCUT2D eigenvalue weighted by molar-refractivity contribution is -0.112. The van der Waals surface area contributed by atoms with Crippen molar-refractivity contribution >= 4 is 50.1 Å². The molecule has 8 nitrogen and oxygen atoms in total. The van der Waals surface area contributed by atoms with Crippen LogP contribution in [0.25, 0.3) is 11.8 Å². The number of anilines is 1. The Morgan fingerprint density at radius 2 is 2.06 bits per heavy atom. The number of amides is 1. The highest BCUT2D eigenvalue weighted by atomic mass is 35.5. The molecular weight excluding hydrogens is 465 g/mol. The van der Waals surface area contributed by atoms with Gasteiger partial charge in [0.1, 0.15) is 17.5 Å². The van der Waals surface area contributed by atoms with Crippen molar-refractivity contribution < 1.29 is 17.6 Å². The number of halogens is 2. The molecule has 0 unspecified atom stereocenters. The van der Waals surface area contributed by atoms with Crippen LogP contribution in [0.15, 0.2) is 35.0 Å². The Morgan fingerprint density at radius 3 is 2.65 bits per heavy atom. The van der Waals surface area contributed by atoms with Crippen LogP contribution in [0.2, 0.25) is 5.02 Å². The van der Waals surface area contributed by atoms with Crippen molar-refractivity contribution in [3.63, 3.8) is 0 Å². The molecule has 2 heterocycles. The largest absolute Gasteiger partial charge is 0.318 e. The third-order valence-electron chi connectivity index (χ3n) is 4.26. The summed E-state index contributed by atoms with van der Waals surface area (Å²) in [5, 5.41) is 11.4. The van der Waals surface area contributed by atoms with Crippen molar-refractivity contribution in [3.8, 4) is 11.8 Å². The molecule has 0 aliphatic rings. The van der Waals surface area contributed by atoms with Crippen molar-refractivity contribution in [2.45, 2.75) is 19.0 Å². The smallest absolute Gasteiger partial charge is 0.268 e. The van der Waals surface area contributed by atoms with Gasteiger partial charge in [-0.3, -0.25) is 10.1 Å². The summed E-state index contributed by atoms with van der Waals surface area (Å²) in [6, 6.07) is 7.91. The standard InChI is InChI=1S/C19H15ClFN5O3S2/c1-10-6-12(11(2)26(10)14-4-5-16(21)15(20)8-14)7-13(9-22)17(27)23-18-24-19(25-30-18)31(3,28)29/h4-8H,1-3H3,(H,23,24,25,27). The number of rotatable bonds is 5. The van der Waals surface area contributed by atoms with Gasteiger partial charge in [0, 0.05) is 34.9 Å². The van der Waals surface area contributed by atoms with Crippen LogP contribution in [0.4, 0.5) is 9.52 Å². The van der Waals surface area contributed by atoms with Gasteiger partial charge < -0.3 is 4.57 Å². The molecule has 1 amide bonds. The van der Waals surface area contributed by atoms with Crippen LogP contribution in [-0.4, -0.2) is 34.5 Å². The van der Waals surface area contributed by atoms with Crippen molar-refractivity contribution in [3.05, 3.63) is 57.6 Å². The highest BCUT2D eigenvalue weighted by molar-refractivity contribution is 7.90. The predicted octanol–water partition coefficient (Wildman–Crippen LogP) is 3.69. The minimum Gasteiger partial charge on any atom is -0.318 e. The molecule has 160 valence electrons. The third-order valence-corrected chi connectivity index (χ3v) is 6.14. The lowest BCUT2D eigenvalue weighted by Crippen LogP contribution is -2.13. The number of carbonyl (C=O) groups is 1. The zero-order chi connectivity index (χ0) is 22.9. The van der Waals surface area contributed by atoms with E-state index in [2.05, 4.69) is 14.7 Å². The van der Waals surface area contributed by atoms with Crippen LogP contribution >= 0.6 is 23.1 Å². The lowest BCUT2D eigenvalue weighted by Gasteiger charge is -2.10. The number of nitrogens with one attached hydrogen (secondary N) is 1. The molecule has 3 aromatic rings. The van der Waals surface area contributed by atoms with Crippen LogP contribution in [0.5, 0.6) is 0 Å². The normalized spacial score (nSPS) is 11.9. The van der Waals surface area contributed by atoms with Crippen molar-refractivity contribution in [1.82, 2.24) is 13.9 Å². The van der Waals surface area contributed by atoms with Crippen LogP contribution in [0.1, 0.15) is 17.0 Å². The number of nitrogens with zero attached hydrogens (tertiary/aromatic N) is 4. The number of hydrogen-bond acceptors (Lipinski definition) is 7. The minimum atomic E-state index is -3.61. The fourth-order valence-electron chi connectivity index (χ4n) is 2.84. The molecule has 0 radical (unpaired) electrons. The summed E-state index contributed by atoms with van der Waals surface area (Å²) < 4.78 is 41.9. The van der Waals surface area contributed by atoms with Gasteiger partial charge in [0.15, 0.2) is 0 Å². The zero-order valence-corrected chi connectivity index (χ0v) is 18.9. The van der Waals surface area contributed by atoms with Gasteiger partial charge in [-0.05, 0) is 49.8 Å². The van der Waals surface area contributed by atoms with E-state index in [0.717, 1.165) is 11.9 Å². The summed E-state index contributed by atoms with van der Waals surface area (Å²) >= 11 is 6.58. The first-order chi connectivity index (χ1) is 14.5. The molecule has 0 aliphatic carbocycles. The zero-order valence-electron chi connectivity index (χ0n) is 16.5. The molecule has 31 heavy (non-hydrogen) atoms. The van der Waals surface area contributed by atoms with E-state index in [4.69, 9.17) is 11.6 Å². The van der Waals surface area contributed by atoms with Gasteiger partial charge in [-0.15, -0.1) is 0 Å².